The Balaban J connectivity index is 1.64. The number of benzene rings is 1. The van der Waals surface area contributed by atoms with E-state index in [-0.39, 0.29) is 17.4 Å². The summed E-state index contributed by atoms with van der Waals surface area (Å²) in [4.78, 5) is 35.1. The normalized spacial score (nSPS) is 14.0. The van der Waals surface area contributed by atoms with E-state index in [4.69, 9.17) is 4.74 Å². The Morgan fingerprint density at radius 1 is 1.23 bits per heavy atom. The van der Waals surface area contributed by atoms with Crippen LogP contribution in [0.3, 0.4) is 0 Å². The lowest BCUT2D eigenvalue weighted by molar-refractivity contribution is -0.384. The molecule has 0 unspecified atom stereocenters. The molecule has 1 saturated heterocycles. The molecular weight excluding hydrogens is 340 g/mol. The second-order valence-corrected chi connectivity index (χ2v) is 5.59. The molecule has 2 heterocycles. The van der Waals surface area contributed by atoms with Crippen LogP contribution in [-0.2, 0) is 0 Å². The summed E-state index contributed by atoms with van der Waals surface area (Å²) >= 11 is 0. The number of amides is 2. The first-order chi connectivity index (χ1) is 12.6. The van der Waals surface area contributed by atoms with Crippen molar-refractivity contribution >= 4 is 23.4 Å². The smallest absolute Gasteiger partial charge is 0.322 e. The Morgan fingerprint density at radius 2 is 1.92 bits per heavy atom. The van der Waals surface area contributed by atoms with Crippen LogP contribution >= 0.6 is 0 Å². The van der Waals surface area contributed by atoms with E-state index in [9.17, 15) is 14.9 Å². The molecule has 0 radical (unpaired) electrons. The van der Waals surface area contributed by atoms with Gasteiger partial charge in [0.15, 0.2) is 0 Å². The third-order valence-corrected chi connectivity index (χ3v) is 4.05. The molecule has 26 heavy (non-hydrogen) atoms. The Bertz CT molecular complexity index is 793. The number of aromatic nitrogens is 2. The van der Waals surface area contributed by atoms with Gasteiger partial charge in [-0.25, -0.2) is 14.8 Å². The number of rotatable bonds is 4. The van der Waals surface area contributed by atoms with Gasteiger partial charge in [-0.1, -0.05) is 0 Å². The van der Waals surface area contributed by atoms with E-state index < -0.39 is 4.92 Å². The number of carbonyl (C=O) groups is 1. The molecule has 2 amide bonds. The number of ether oxygens (including phenoxy) is 1. The number of nitro groups is 1. The summed E-state index contributed by atoms with van der Waals surface area (Å²) < 4.78 is 4.99. The van der Waals surface area contributed by atoms with E-state index in [2.05, 4.69) is 15.3 Å². The number of urea groups is 1. The summed E-state index contributed by atoms with van der Waals surface area (Å²) in [6.07, 6.45) is 3.34. The van der Waals surface area contributed by atoms with Crippen molar-refractivity contribution in [2.45, 2.75) is 0 Å². The predicted molar refractivity (Wildman–Crippen MR) is 94.5 cm³/mol. The zero-order valence-corrected chi connectivity index (χ0v) is 14.2. The summed E-state index contributed by atoms with van der Waals surface area (Å²) in [7, 11) is 1.42. The number of methoxy groups -OCH3 is 1. The van der Waals surface area contributed by atoms with Crippen LogP contribution in [0.5, 0.6) is 5.75 Å². The average Bonchev–Trinajstić information content (AvgIpc) is 2.69. The molecule has 3 rings (SSSR count). The van der Waals surface area contributed by atoms with E-state index in [1.54, 1.807) is 29.4 Å². The van der Waals surface area contributed by atoms with E-state index in [0.29, 0.717) is 37.9 Å². The van der Waals surface area contributed by atoms with Crippen molar-refractivity contribution in [3.63, 3.8) is 0 Å². The molecule has 1 aliphatic heterocycles. The van der Waals surface area contributed by atoms with Crippen molar-refractivity contribution in [1.29, 1.82) is 0 Å². The second kappa shape index (κ2) is 7.64. The SMILES string of the molecule is COc1ccc(NC(=O)N2CCN(c3ncccn3)CC2)c([N+](=O)[O-])c1. The Hall–Kier alpha value is -3.43. The van der Waals surface area contributed by atoms with Crippen LogP contribution in [0.15, 0.2) is 36.7 Å². The molecule has 0 spiro atoms. The van der Waals surface area contributed by atoms with Crippen molar-refractivity contribution in [2.75, 3.05) is 43.5 Å². The zero-order chi connectivity index (χ0) is 18.5. The van der Waals surface area contributed by atoms with Gasteiger partial charge in [-0.15, -0.1) is 0 Å². The molecule has 136 valence electrons. The van der Waals surface area contributed by atoms with Gasteiger partial charge in [0.2, 0.25) is 5.95 Å². The lowest BCUT2D eigenvalue weighted by Gasteiger charge is -2.34. The number of anilines is 2. The molecule has 0 bridgehead atoms. The van der Waals surface area contributed by atoms with Crippen molar-refractivity contribution < 1.29 is 14.5 Å². The highest BCUT2D eigenvalue weighted by Crippen LogP contribution is 2.29. The summed E-state index contributed by atoms with van der Waals surface area (Å²) in [5.41, 5.74) is -0.0800. The molecule has 1 fully saturated rings. The van der Waals surface area contributed by atoms with Crippen LogP contribution in [0, 0.1) is 10.1 Å². The quantitative estimate of drug-likeness (QED) is 0.654. The van der Waals surface area contributed by atoms with Gasteiger partial charge in [0, 0.05) is 38.6 Å². The number of nitro benzene ring substituents is 1. The highest BCUT2D eigenvalue weighted by atomic mass is 16.6. The molecule has 0 saturated carbocycles. The Labute approximate surface area is 149 Å². The molecule has 10 heteroatoms. The van der Waals surface area contributed by atoms with Crippen molar-refractivity contribution in [3.05, 3.63) is 46.8 Å². The molecule has 1 aliphatic rings. The number of carbonyl (C=O) groups excluding carboxylic acids is 1. The van der Waals surface area contributed by atoms with Crippen LogP contribution in [0.4, 0.5) is 22.1 Å². The van der Waals surface area contributed by atoms with Gasteiger partial charge >= 0.3 is 6.03 Å². The first kappa shape index (κ1) is 17.4. The van der Waals surface area contributed by atoms with E-state index >= 15 is 0 Å². The maximum atomic E-state index is 12.5. The zero-order valence-electron chi connectivity index (χ0n) is 14.2. The summed E-state index contributed by atoms with van der Waals surface area (Å²) in [6.45, 7) is 2.10. The number of nitrogens with zero attached hydrogens (tertiary/aromatic N) is 5. The maximum Gasteiger partial charge on any atom is 0.322 e. The molecule has 0 atom stereocenters. The number of hydrogen-bond donors (Lipinski definition) is 1. The lowest BCUT2D eigenvalue weighted by atomic mass is 10.2. The minimum Gasteiger partial charge on any atom is -0.496 e. The first-order valence-electron chi connectivity index (χ1n) is 7.99. The van der Waals surface area contributed by atoms with Gasteiger partial charge in [-0.3, -0.25) is 10.1 Å². The van der Waals surface area contributed by atoms with Crippen LogP contribution < -0.4 is 15.0 Å². The van der Waals surface area contributed by atoms with Gasteiger partial charge in [0.05, 0.1) is 18.1 Å². The minimum atomic E-state index is -0.553. The predicted octanol–water partition coefficient (Wildman–Crippen LogP) is 1.75. The monoisotopic (exact) mass is 358 g/mol. The fourth-order valence-corrected chi connectivity index (χ4v) is 2.65. The highest BCUT2D eigenvalue weighted by Gasteiger charge is 2.24. The van der Waals surface area contributed by atoms with Gasteiger partial charge in [0.1, 0.15) is 11.4 Å². The molecule has 1 aromatic heterocycles. The Morgan fingerprint density at radius 3 is 2.54 bits per heavy atom. The van der Waals surface area contributed by atoms with Crippen LogP contribution in [-0.4, -0.2) is 59.1 Å². The molecule has 1 N–H and O–H groups in total. The standard InChI is InChI=1S/C16H18N6O4/c1-26-12-3-4-13(14(11-12)22(24)25)19-16(23)21-9-7-20(8-10-21)15-17-5-2-6-18-15/h2-6,11H,7-10H2,1H3,(H,19,23). The van der Waals surface area contributed by atoms with E-state index in [1.807, 2.05) is 4.90 Å². The van der Waals surface area contributed by atoms with Crippen molar-refractivity contribution in [1.82, 2.24) is 14.9 Å². The highest BCUT2D eigenvalue weighted by molar-refractivity contribution is 5.92. The molecule has 0 aliphatic carbocycles. The largest absolute Gasteiger partial charge is 0.496 e. The molecule has 10 nitrogen and oxygen atoms in total. The van der Waals surface area contributed by atoms with Gasteiger partial charge in [-0.2, -0.15) is 0 Å². The van der Waals surface area contributed by atoms with Gasteiger partial charge in [0.25, 0.3) is 5.69 Å². The third kappa shape index (κ3) is 3.79. The number of nitrogens with one attached hydrogen (secondary N) is 1. The molecule has 2 aromatic rings. The third-order valence-electron chi connectivity index (χ3n) is 4.05. The Kier molecular flexibility index (Phi) is 5.11. The first-order valence-corrected chi connectivity index (χ1v) is 7.99. The summed E-state index contributed by atoms with van der Waals surface area (Å²) in [6, 6.07) is 5.66. The fraction of sp³-hybridized carbons (Fsp3) is 0.312. The van der Waals surface area contributed by atoms with Crippen molar-refractivity contribution in [3.8, 4) is 5.75 Å². The van der Waals surface area contributed by atoms with E-state index in [1.165, 1.54) is 19.2 Å². The van der Waals surface area contributed by atoms with Gasteiger partial charge < -0.3 is 19.9 Å². The average molecular weight is 358 g/mol. The van der Waals surface area contributed by atoms with Crippen LogP contribution in [0.2, 0.25) is 0 Å². The fourth-order valence-electron chi connectivity index (χ4n) is 2.65. The number of hydrogen-bond acceptors (Lipinski definition) is 7. The van der Waals surface area contributed by atoms with Crippen LogP contribution in [0.25, 0.3) is 0 Å². The topological polar surface area (TPSA) is 114 Å². The van der Waals surface area contributed by atoms with Crippen LogP contribution in [0.1, 0.15) is 0 Å². The summed E-state index contributed by atoms with van der Waals surface area (Å²) in [5.74, 6) is 0.976. The summed E-state index contributed by atoms with van der Waals surface area (Å²) in [5, 5.41) is 13.8. The van der Waals surface area contributed by atoms with Gasteiger partial charge in [-0.05, 0) is 18.2 Å². The molecular formula is C16H18N6O4. The number of piperazine rings is 1. The lowest BCUT2D eigenvalue weighted by Crippen LogP contribution is -2.50. The maximum absolute atomic E-state index is 12.5. The molecule has 1 aromatic carbocycles. The second-order valence-electron chi connectivity index (χ2n) is 5.59. The minimum absolute atomic E-state index is 0.134. The van der Waals surface area contributed by atoms with Crippen molar-refractivity contribution in [2.24, 2.45) is 0 Å². The van der Waals surface area contributed by atoms with E-state index in [0.717, 1.165) is 0 Å².